The van der Waals surface area contributed by atoms with Crippen molar-refractivity contribution < 1.29 is 23.5 Å². The van der Waals surface area contributed by atoms with E-state index >= 15 is 0 Å². The first-order valence-corrected chi connectivity index (χ1v) is 7.68. The van der Waals surface area contributed by atoms with Gasteiger partial charge in [0.15, 0.2) is 0 Å². The van der Waals surface area contributed by atoms with Gasteiger partial charge in [-0.05, 0) is 25.0 Å². The number of nitrogens with zero attached hydrogens (tertiary/aromatic N) is 1. The van der Waals surface area contributed by atoms with Gasteiger partial charge >= 0.3 is 12.0 Å². The van der Waals surface area contributed by atoms with Crippen LogP contribution in [0.2, 0.25) is 0 Å². The first kappa shape index (κ1) is 17.2. The molecule has 7 heteroatoms. The second-order valence-corrected chi connectivity index (χ2v) is 5.64. The Balaban J connectivity index is 2.10. The number of urea groups is 1. The molecule has 1 aromatic rings. The van der Waals surface area contributed by atoms with Crippen LogP contribution in [-0.4, -0.2) is 34.6 Å². The lowest BCUT2D eigenvalue weighted by atomic mass is 10.1. The van der Waals surface area contributed by atoms with E-state index in [-0.39, 0.29) is 31.1 Å². The highest BCUT2D eigenvalue weighted by atomic mass is 19.1. The number of hydrogen-bond donors (Lipinski definition) is 2. The van der Waals surface area contributed by atoms with Gasteiger partial charge in [0.2, 0.25) is 0 Å². The average molecular weight is 326 g/mol. The van der Waals surface area contributed by atoms with E-state index in [0.29, 0.717) is 0 Å². The summed E-state index contributed by atoms with van der Waals surface area (Å²) in [5, 5.41) is 11.1. The Hall–Kier alpha value is -2.18. The zero-order valence-corrected chi connectivity index (χ0v) is 12.7. The van der Waals surface area contributed by atoms with Crippen LogP contribution in [0.15, 0.2) is 18.2 Å². The van der Waals surface area contributed by atoms with Gasteiger partial charge < -0.3 is 15.3 Å². The lowest BCUT2D eigenvalue weighted by Crippen LogP contribution is -2.45. The minimum absolute atomic E-state index is 0.0167. The molecule has 1 fully saturated rings. The van der Waals surface area contributed by atoms with Crippen molar-refractivity contribution in [2.24, 2.45) is 0 Å². The maximum absolute atomic E-state index is 13.8. The predicted molar refractivity (Wildman–Crippen MR) is 79.8 cm³/mol. The molecule has 5 nitrogen and oxygen atoms in total. The lowest BCUT2D eigenvalue weighted by Gasteiger charge is -2.29. The van der Waals surface area contributed by atoms with Crippen molar-refractivity contribution in [3.05, 3.63) is 35.4 Å². The Morgan fingerprint density at radius 1 is 1.22 bits per heavy atom. The normalized spacial score (nSPS) is 14.7. The van der Waals surface area contributed by atoms with Crippen LogP contribution in [0.4, 0.5) is 13.6 Å². The fraction of sp³-hybridized carbons (Fsp3) is 0.500. The third kappa shape index (κ3) is 4.64. The minimum Gasteiger partial charge on any atom is -0.481 e. The Morgan fingerprint density at radius 3 is 2.39 bits per heavy atom. The number of halogens is 2. The van der Waals surface area contributed by atoms with Crippen molar-refractivity contribution in [1.82, 2.24) is 10.2 Å². The second kappa shape index (κ2) is 7.89. The lowest BCUT2D eigenvalue weighted by molar-refractivity contribution is -0.136. The van der Waals surface area contributed by atoms with E-state index in [4.69, 9.17) is 5.11 Å². The summed E-state index contributed by atoms with van der Waals surface area (Å²) in [5.74, 6) is -2.39. The molecule has 0 saturated heterocycles. The van der Waals surface area contributed by atoms with E-state index in [0.717, 1.165) is 37.8 Å². The molecule has 0 aromatic heterocycles. The Bertz CT molecular complexity index is 554. The van der Waals surface area contributed by atoms with Crippen molar-refractivity contribution in [3.8, 4) is 0 Å². The zero-order chi connectivity index (χ0) is 16.8. The van der Waals surface area contributed by atoms with Gasteiger partial charge in [-0.3, -0.25) is 4.79 Å². The molecule has 2 amide bonds. The molecule has 2 rings (SSSR count). The van der Waals surface area contributed by atoms with Crippen LogP contribution >= 0.6 is 0 Å². The highest BCUT2D eigenvalue weighted by molar-refractivity contribution is 5.75. The summed E-state index contributed by atoms with van der Waals surface area (Å²) in [7, 11) is 0. The third-order valence-corrected chi connectivity index (χ3v) is 4.03. The van der Waals surface area contributed by atoms with Crippen molar-refractivity contribution in [3.63, 3.8) is 0 Å². The zero-order valence-electron chi connectivity index (χ0n) is 12.7. The minimum atomic E-state index is -1.02. The predicted octanol–water partition coefficient (Wildman–Crippen LogP) is 2.89. The first-order valence-electron chi connectivity index (χ1n) is 7.68. The van der Waals surface area contributed by atoms with Crippen LogP contribution in [-0.2, 0) is 11.3 Å². The SMILES string of the molecule is O=C(O)CCNC(=O)N(Cc1c(F)cccc1F)C1CCCC1. The summed E-state index contributed by atoms with van der Waals surface area (Å²) < 4.78 is 27.7. The molecule has 2 N–H and O–H groups in total. The highest BCUT2D eigenvalue weighted by Crippen LogP contribution is 2.26. The van der Waals surface area contributed by atoms with Crippen molar-refractivity contribution >= 4 is 12.0 Å². The van der Waals surface area contributed by atoms with Crippen LogP contribution in [0.5, 0.6) is 0 Å². The summed E-state index contributed by atoms with van der Waals surface area (Å²) in [4.78, 5) is 24.3. The van der Waals surface area contributed by atoms with Crippen LogP contribution in [0, 0.1) is 11.6 Å². The van der Waals surface area contributed by atoms with E-state index < -0.39 is 23.6 Å². The van der Waals surface area contributed by atoms with Gasteiger partial charge in [0.25, 0.3) is 0 Å². The molecule has 126 valence electrons. The van der Waals surface area contributed by atoms with Gasteiger partial charge in [-0.2, -0.15) is 0 Å². The summed E-state index contributed by atoms with van der Waals surface area (Å²) >= 11 is 0. The Kier molecular flexibility index (Phi) is 5.90. The van der Waals surface area contributed by atoms with Gasteiger partial charge in [-0.25, -0.2) is 13.6 Å². The summed E-state index contributed by atoms with van der Waals surface area (Å²) in [6.45, 7) is -0.181. The first-order chi connectivity index (χ1) is 11.0. The maximum atomic E-state index is 13.8. The molecule has 0 bridgehead atoms. The van der Waals surface area contributed by atoms with Gasteiger partial charge in [0.1, 0.15) is 11.6 Å². The Labute approximate surface area is 133 Å². The molecule has 0 heterocycles. The molecular formula is C16H20F2N2O3. The Morgan fingerprint density at radius 2 is 1.83 bits per heavy atom. The average Bonchev–Trinajstić information content (AvgIpc) is 3.00. The largest absolute Gasteiger partial charge is 0.481 e. The number of carboxylic acids is 1. The van der Waals surface area contributed by atoms with Crippen molar-refractivity contribution in [1.29, 1.82) is 0 Å². The number of benzene rings is 1. The molecule has 1 aliphatic rings. The standard InChI is InChI=1S/C16H20F2N2O3/c17-13-6-3-7-14(18)12(13)10-20(11-4-1-2-5-11)16(23)19-9-8-15(21)22/h3,6-7,11H,1-2,4-5,8-10H2,(H,19,23)(H,21,22). The van der Waals surface area contributed by atoms with E-state index in [1.807, 2.05) is 0 Å². The highest BCUT2D eigenvalue weighted by Gasteiger charge is 2.28. The quantitative estimate of drug-likeness (QED) is 0.844. The number of hydrogen-bond acceptors (Lipinski definition) is 2. The van der Waals surface area contributed by atoms with Gasteiger partial charge in [0, 0.05) is 18.2 Å². The molecular weight excluding hydrogens is 306 g/mol. The van der Waals surface area contributed by atoms with Crippen LogP contribution in [0.3, 0.4) is 0 Å². The molecule has 1 aromatic carbocycles. The number of aliphatic carboxylic acids is 1. The van der Waals surface area contributed by atoms with Gasteiger partial charge in [-0.15, -0.1) is 0 Å². The fourth-order valence-corrected chi connectivity index (χ4v) is 2.81. The number of nitrogens with one attached hydrogen (secondary N) is 1. The molecule has 0 spiro atoms. The molecule has 23 heavy (non-hydrogen) atoms. The molecule has 0 aliphatic heterocycles. The molecule has 0 unspecified atom stereocenters. The smallest absolute Gasteiger partial charge is 0.317 e. The monoisotopic (exact) mass is 326 g/mol. The van der Waals surface area contributed by atoms with E-state index in [2.05, 4.69) is 5.32 Å². The fourth-order valence-electron chi connectivity index (χ4n) is 2.81. The molecule has 1 saturated carbocycles. The third-order valence-electron chi connectivity index (χ3n) is 4.03. The summed E-state index contributed by atoms with van der Waals surface area (Å²) in [5.41, 5.74) is -0.146. The van der Waals surface area contributed by atoms with Crippen molar-refractivity contribution in [2.75, 3.05) is 6.54 Å². The summed E-state index contributed by atoms with van der Waals surface area (Å²) in [6, 6.07) is 3.03. The molecule has 0 atom stereocenters. The van der Waals surface area contributed by atoms with E-state index in [9.17, 15) is 18.4 Å². The molecule has 0 radical (unpaired) electrons. The van der Waals surface area contributed by atoms with Gasteiger partial charge in [0.05, 0.1) is 13.0 Å². The second-order valence-electron chi connectivity index (χ2n) is 5.64. The summed E-state index contributed by atoms with van der Waals surface area (Å²) in [6.07, 6.45) is 3.29. The van der Waals surface area contributed by atoms with E-state index in [1.54, 1.807) is 0 Å². The molecule has 1 aliphatic carbocycles. The topological polar surface area (TPSA) is 69.6 Å². The number of carbonyl (C=O) groups is 2. The number of amides is 2. The van der Waals surface area contributed by atoms with Crippen molar-refractivity contribution in [2.45, 2.75) is 44.7 Å². The van der Waals surface area contributed by atoms with Crippen LogP contribution < -0.4 is 5.32 Å². The number of carboxylic acid groups (broad SMARTS) is 1. The maximum Gasteiger partial charge on any atom is 0.317 e. The van der Waals surface area contributed by atoms with Crippen LogP contribution in [0.25, 0.3) is 0 Å². The van der Waals surface area contributed by atoms with Gasteiger partial charge in [-0.1, -0.05) is 18.9 Å². The number of carbonyl (C=O) groups excluding carboxylic acids is 1. The van der Waals surface area contributed by atoms with Crippen LogP contribution in [0.1, 0.15) is 37.7 Å². The van der Waals surface area contributed by atoms with E-state index in [1.165, 1.54) is 11.0 Å². The number of rotatable bonds is 6.